The number of rotatable bonds is 7. The van der Waals surface area contributed by atoms with Crippen LogP contribution >= 0.6 is 11.3 Å². The fourth-order valence-electron chi connectivity index (χ4n) is 1.64. The number of carbonyl (C=O) groups excluding carboxylic acids is 1. The Bertz CT molecular complexity index is 610. The number of hydrogen-bond acceptors (Lipinski definition) is 6. The summed E-state index contributed by atoms with van der Waals surface area (Å²) in [7, 11) is 0. The van der Waals surface area contributed by atoms with Crippen molar-refractivity contribution in [1.29, 1.82) is 0 Å². The second-order valence-corrected chi connectivity index (χ2v) is 5.89. The monoisotopic (exact) mass is 320 g/mol. The highest BCUT2D eigenvalue weighted by Gasteiger charge is 2.12. The van der Waals surface area contributed by atoms with Gasteiger partial charge in [0.05, 0.1) is 12.6 Å². The minimum absolute atomic E-state index is 0.276. The van der Waals surface area contributed by atoms with Gasteiger partial charge in [-0.1, -0.05) is 24.7 Å². The summed E-state index contributed by atoms with van der Waals surface area (Å²) in [6.07, 6.45) is 2.15. The van der Waals surface area contributed by atoms with Crippen LogP contribution in [0.4, 0.5) is 5.13 Å². The number of anilines is 1. The summed E-state index contributed by atoms with van der Waals surface area (Å²) in [5.41, 5.74) is 6.43. The molecular formula is C15H20N4O2S. The van der Waals surface area contributed by atoms with Crippen molar-refractivity contribution in [1.82, 2.24) is 10.2 Å². The van der Waals surface area contributed by atoms with E-state index in [9.17, 15) is 4.79 Å². The van der Waals surface area contributed by atoms with Crippen LogP contribution in [0.15, 0.2) is 24.3 Å². The van der Waals surface area contributed by atoms with Crippen molar-refractivity contribution in [3.8, 4) is 16.3 Å². The number of nitrogens with two attached hydrogens (primary N) is 1. The molecule has 0 aliphatic rings. The van der Waals surface area contributed by atoms with Crippen LogP contribution in [-0.4, -0.2) is 28.8 Å². The fraction of sp³-hybridized carbons (Fsp3) is 0.400. The van der Waals surface area contributed by atoms with Crippen LogP contribution in [-0.2, 0) is 4.79 Å². The predicted octanol–water partition coefficient (Wildman–Crippen LogP) is 2.67. The van der Waals surface area contributed by atoms with Gasteiger partial charge in [-0.15, -0.1) is 10.2 Å². The van der Waals surface area contributed by atoms with Gasteiger partial charge in [0.2, 0.25) is 11.0 Å². The molecule has 1 amide bonds. The van der Waals surface area contributed by atoms with Gasteiger partial charge >= 0.3 is 0 Å². The number of amides is 1. The molecule has 2 aromatic rings. The summed E-state index contributed by atoms with van der Waals surface area (Å²) in [4.78, 5) is 11.5. The molecule has 0 spiro atoms. The van der Waals surface area contributed by atoms with E-state index in [1.807, 2.05) is 24.3 Å². The van der Waals surface area contributed by atoms with E-state index in [0.717, 1.165) is 35.8 Å². The van der Waals surface area contributed by atoms with Gasteiger partial charge in [0.1, 0.15) is 10.8 Å². The van der Waals surface area contributed by atoms with Crippen molar-refractivity contribution >= 4 is 22.4 Å². The quantitative estimate of drug-likeness (QED) is 0.765. The average Bonchev–Trinajstić information content (AvgIpc) is 2.96. The molecule has 2 rings (SSSR count). The third kappa shape index (κ3) is 4.51. The summed E-state index contributed by atoms with van der Waals surface area (Å²) in [6.45, 7) is 4.47. The lowest BCUT2D eigenvalue weighted by molar-refractivity contribution is -0.117. The molecule has 3 N–H and O–H groups in total. The van der Waals surface area contributed by atoms with Crippen LogP contribution in [0.5, 0.6) is 5.75 Å². The summed E-state index contributed by atoms with van der Waals surface area (Å²) in [5.74, 6) is 0.564. The Kier molecular flexibility index (Phi) is 5.85. The topological polar surface area (TPSA) is 90.1 Å². The Balaban J connectivity index is 2.00. The maximum Gasteiger partial charge on any atom is 0.242 e. The van der Waals surface area contributed by atoms with Gasteiger partial charge in [0.15, 0.2) is 0 Å². The molecule has 6 nitrogen and oxygen atoms in total. The average molecular weight is 320 g/mol. The summed E-state index contributed by atoms with van der Waals surface area (Å²) in [5, 5.41) is 11.8. The molecule has 1 unspecified atom stereocenters. The standard InChI is InChI=1S/C15H20N4O2S/c1-3-4-9-21-12-7-5-11(6-8-12)14-18-19-15(22-14)17-13(20)10(2)16/h5-8,10H,3-4,9,16H2,1-2H3,(H,17,19,20). The lowest BCUT2D eigenvalue weighted by atomic mass is 10.2. The molecular weight excluding hydrogens is 300 g/mol. The zero-order valence-corrected chi connectivity index (χ0v) is 13.5. The molecule has 118 valence electrons. The lowest BCUT2D eigenvalue weighted by Gasteiger charge is -2.05. The molecule has 0 saturated carbocycles. The third-order valence-electron chi connectivity index (χ3n) is 2.94. The van der Waals surface area contributed by atoms with E-state index in [-0.39, 0.29) is 5.91 Å². The second-order valence-electron chi connectivity index (χ2n) is 4.92. The number of benzene rings is 1. The van der Waals surface area contributed by atoms with Crippen LogP contribution in [0.1, 0.15) is 26.7 Å². The zero-order chi connectivity index (χ0) is 15.9. The van der Waals surface area contributed by atoms with Crippen LogP contribution in [0.2, 0.25) is 0 Å². The molecule has 0 aliphatic carbocycles. The van der Waals surface area contributed by atoms with E-state index in [4.69, 9.17) is 10.5 Å². The molecule has 1 heterocycles. The van der Waals surface area contributed by atoms with Crippen molar-refractivity contribution in [3.63, 3.8) is 0 Å². The molecule has 0 bridgehead atoms. The van der Waals surface area contributed by atoms with Gasteiger partial charge in [0, 0.05) is 5.56 Å². The van der Waals surface area contributed by atoms with E-state index in [1.165, 1.54) is 11.3 Å². The van der Waals surface area contributed by atoms with Crippen molar-refractivity contribution in [3.05, 3.63) is 24.3 Å². The number of aromatic nitrogens is 2. The lowest BCUT2D eigenvalue weighted by Crippen LogP contribution is -2.32. The zero-order valence-electron chi connectivity index (χ0n) is 12.7. The van der Waals surface area contributed by atoms with Crippen LogP contribution in [0, 0.1) is 0 Å². The Labute approximate surface area is 133 Å². The molecule has 0 fully saturated rings. The first-order valence-corrected chi connectivity index (χ1v) is 8.05. The molecule has 1 atom stereocenters. The highest BCUT2D eigenvalue weighted by Crippen LogP contribution is 2.27. The van der Waals surface area contributed by atoms with E-state index in [2.05, 4.69) is 22.4 Å². The first kappa shape index (κ1) is 16.4. The highest BCUT2D eigenvalue weighted by atomic mass is 32.1. The normalized spacial score (nSPS) is 12.0. The number of nitrogens with zero attached hydrogens (tertiary/aromatic N) is 2. The van der Waals surface area contributed by atoms with Gasteiger partial charge in [-0.2, -0.15) is 0 Å². The van der Waals surface area contributed by atoms with Crippen LogP contribution in [0.3, 0.4) is 0 Å². The van der Waals surface area contributed by atoms with Crippen molar-refractivity contribution in [2.75, 3.05) is 11.9 Å². The van der Waals surface area contributed by atoms with Gasteiger partial charge in [-0.25, -0.2) is 0 Å². The third-order valence-corrected chi connectivity index (χ3v) is 3.82. The number of unbranched alkanes of at least 4 members (excludes halogenated alkanes) is 1. The van der Waals surface area contributed by atoms with Crippen molar-refractivity contribution < 1.29 is 9.53 Å². The SMILES string of the molecule is CCCCOc1ccc(-c2nnc(NC(=O)C(C)N)s2)cc1. The number of nitrogens with one attached hydrogen (secondary N) is 1. The van der Waals surface area contributed by atoms with E-state index < -0.39 is 6.04 Å². The van der Waals surface area contributed by atoms with Crippen LogP contribution in [0.25, 0.3) is 10.6 Å². The van der Waals surface area contributed by atoms with Gasteiger partial charge in [-0.3, -0.25) is 10.1 Å². The minimum atomic E-state index is -0.577. The molecule has 7 heteroatoms. The van der Waals surface area contributed by atoms with Crippen molar-refractivity contribution in [2.24, 2.45) is 5.73 Å². The Morgan fingerprint density at radius 1 is 1.36 bits per heavy atom. The van der Waals surface area contributed by atoms with Crippen molar-refractivity contribution in [2.45, 2.75) is 32.7 Å². The maximum absolute atomic E-state index is 11.5. The molecule has 0 aliphatic heterocycles. The van der Waals surface area contributed by atoms with Gasteiger partial charge in [0.25, 0.3) is 0 Å². The Hall–Kier alpha value is -1.99. The Morgan fingerprint density at radius 2 is 2.09 bits per heavy atom. The fourth-order valence-corrected chi connectivity index (χ4v) is 2.39. The van der Waals surface area contributed by atoms with E-state index in [0.29, 0.717) is 5.13 Å². The van der Waals surface area contributed by atoms with E-state index >= 15 is 0 Å². The summed E-state index contributed by atoms with van der Waals surface area (Å²) < 4.78 is 5.62. The van der Waals surface area contributed by atoms with E-state index in [1.54, 1.807) is 6.92 Å². The number of carbonyl (C=O) groups is 1. The number of ether oxygens (including phenoxy) is 1. The minimum Gasteiger partial charge on any atom is -0.494 e. The van der Waals surface area contributed by atoms with Gasteiger partial charge < -0.3 is 10.5 Å². The molecule has 1 aromatic carbocycles. The maximum atomic E-state index is 11.5. The van der Waals surface area contributed by atoms with Crippen LogP contribution < -0.4 is 15.8 Å². The molecule has 22 heavy (non-hydrogen) atoms. The number of hydrogen-bond donors (Lipinski definition) is 2. The van der Waals surface area contributed by atoms with Gasteiger partial charge in [-0.05, 0) is 37.6 Å². The molecule has 0 radical (unpaired) electrons. The molecule has 0 saturated heterocycles. The highest BCUT2D eigenvalue weighted by molar-refractivity contribution is 7.18. The largest absolute Gasteiger partial charge is 0.494 e. The predicted molar refractivity (Wildman–Crippen MR) is 88.0 cm³/mol. The smallest absolute Gasteiger partial charge is 0.242 e. The first-order chi connectivity index (χ1) is 10.6. The first-order valence-electron chi connectivity index (χ1n) is 7.23. The summed E-state index contributed by atoms with van der Waals surface area (Å²) in [6, 6.07) is 7.10. The Morgan fingerprint density at radius 3 is 2.73 bits per heavy atom. The summed E-state index contributed by atoms with van der Waals surface area (Å²) >= 11 is 1.31. The molecule has 1 aromatic heterocycles. The second kappa shape index (κ2) is 7.86.